The third kappa shape index (κ3) is 2.01. The summed E-state index contributed by atoms with van der Waals surface area (Å²) in [5, 5.41) is 7.72. The first-order valence-corrected chi connectivity index (χ1v) is 5.14. The first-order valence-electron chi connectivity index (χ1n) is 5.14. The van der Waals surface area contributed by atoms with Crippen LogP contribution in [0, 0.1) is 0 Å². The Morgan fingerprint density at radius 2 is 2.00 bits per heavy atom. The molecule has 0 aliphatic carbocycles. The van der Waals surface area contributed by atoms with Crippen LogP contribution in [0.25, 0.3) is 11.3 Å². The maximum atomic E-state index is 4.45. The van der Waals surface area contributed by atoms with Gasteiger partial charge >= 0.3 is 0 Å². The monoisotopic (exact) mass is 201 g/mol. The molecule has 1 heterocycles. The average Bonchev–Trinajstić information content (AvgIpc) is 2.63. The molecule has 0 fully saturated rings. The van der Waals surface area contributed by atoms with Gasteiger partial charge in [0, 0.05) is 25.2 Å². The van der Waals surface area contributed by atoms with Crippen LogP contribution in [-0.2, 0) is 7.05 Å². The topological polar surface area (TPSA) is 29.9 Å². The SMILES string of the molecule is CCNc1cc(-c2ccccc2)nn1C. The van der Waals surface area contributed by atoms with Gasteiger partial charge in [-0.15, -0.1) is 0 Å². The minimum absolute atomic E-state index is 0.910. The van der Waals surface area contributed by atoms with Crippen molar-refractivity contribution in [2.75, 3.05) is 11.9 Å². The lowest BCUT2D eigenvalue weighted by Gasteiger charge is -2.00. The largest absolute Gasteiger partial charge is 0.371 e. The van der Waals surface area contributed by atoms with Gasteiger partial charge in [-0.05, 0) is 6.92 Å². The first kappa shape index (κ1) is 9.77. The van der Waals surface area contributed by atoms with Crippen LogP contribution in [0.2, 0.25) is 0 Å². The zero-order valence-corrected chi connectivity index (χ0v) is 9.07. The van der Waals surface area contributed by atoms with Gasteiger partial charge in [-0.25, -0.2) is 0 Å². The Bertz CT molecular complexity index is 431. The molecule has 0 amide bonds. The lowest BCUT2D eigenvalue weighted by atomic mass is 10.2. The van der Waals surface area contributed by atoms with E-state index in [1.54, 1.807) is 0 Å². The molecule has 0 bridgehead atoms. The lowest BCUT2D eigenvalue weighted by molar-refractivity contribution is 0.774. The molecule has 0 spiro atoms. The van der Waals surface area contributed by atoms with Gasteiger partial charge in [-0.1, -0.05) is 30.3 Å². The van der Waals surface area contributed by atoms with Gasteiger partial charge in [0.2, 0.25) is 0 Å². The molecule has 0 radical (unpaired) electrons. The summed E-state index contributed by atoms with van der Waals surface area (Å²) in [7, 11) is 1.95. The molecule has 0 saturated carbocycles. The summed E-state index contributed by atoms with van der Waals surface area (Å²) in [6, 6.07) is 12.3. The third-order valence-corrected chi connectivity index (χ3v) is 2.31. The predicted molar refractivity (Wildman–Crippen MR) is 62.8 cm³/mol. The second-order valence-electron chi connectivity index (χ2n) is 3.43. The van der Waals surface area contributed by atoms with Crippen molar-refractivity contribution in [2.45, 2.75) is 6.92 Å². The van der Waals surface area contributed by atoms with Gasteiger partial charge in [0.15, 0.2) is 0 Å². The molecule has 2 aromatic rings. The van der Waals surface area contributed by atoms with Crippen molar-refractivity contribution in [3.05, 3.63) is 36.4 Å². The van der Waals surface area contributed by atoms with Crippen molar-refractivity contribution < 1.29 is 0 Å². The van der Waals surface area contributed by atoms with Crippen LogP contribution in [0.3, 0.4) is 0 Å². The number of rotatable bonds is 3. The van der Waals surface area contributed by atoms with Crippen molar-refractivity contribution in [3.8, 4) is 11.3 Å². The summed E-state index contributed by atoms with van der Waals surface area (Å²) in [5.74, 6) is 1.05. The summed E-state index contributed by atoms with van der Waals surface area (Å²) in [4.78, 5) is 0. The third-order valence-electron chi connectivity index (χ3n) is 2.31. The molecule has 15 heavy (non-hydrogen) atoms. The van der Waals surface area contributed by atoms with Crippen molar-refractivity contribution in [1.82, 2.24) is 9.78 Å². The highest BCUT2D eigenvalue weighted by molar-refractivity contribution is 5.62. The fourth-order valence-corrected chi connectivity index (χ4v) is 1.56. The van der Waals surface area contributed by atoms with Crippen LogP contribution in [-0.4, -0.2) is 16.3 Å². The van der Waals surface area contributed by atoms with Gasteiger partial charge in [-0.2, -0.15) is 5.10 Å². The summed E-state index contributed by atoms with van der Waals surface area (Å²) in [6.45, 7) is 2.99. The highest BCUT2D eigenvalue weighted by Crippen LogP contribution is 2.20. The number of aromatic nitrogens is 2. The molecule has 1 aromatic heterocycles. The Morgan fingerprint density at radius 1 is 1.27 bits per heavy atom. The molecule has 3 nitrogen and oxygen atoms in total. The maximum absolute atomic E-state index is 4.45. The Labute approximate surface area is 89.7 Å². The van der Waals surface area contributed by atoms with Gasteiger partial charge in [0.1, 0.15) is 5.82 Å². The van der Waals surface area contributed by atoms with Crippen molar-refractivity contribution in [3.63, 3.8) is 0 Å². The predicted octanol–water partition coefficient (Wildman–Crippen LogP) is 2.52. The van der Waals surface area contributed by atoms with Crippen molar-refractivity contribution in [1.29, 1.82) is 0 Å². The van der Waals surface area contributed by atoms with E-state index < -0.39 is 0 Å². The van der Waals surface area contributed by atoms with Crippen LogP contribution in [0.4, 0.5) is 5.82 Å². The molecule has 1 N–H and O–H groups in total. The standard InChI is InChI=1S/C12H15N3/c1-3-13-12-9-11(14-15(12)2)10-7-5-4-6-8-10/h4-9,13H,3H2,1-2H3. The zero-order valence-electron chi connectivity index (χ0n) is 9.07. The molecule has 1 aromatic carbocycles. The number of benzene rings is 1. The lowest BCUT2D eigenvalue weighted by Crippen LogP contribution is -2.02. The van der Waals surface area contributed by atoms with E-state index in [9.17, 15) is 0 Å². The van der Waals surface area contributed by atoms with Gasteiger partial charge in [0.05, 0.1) is 5.69 Å². The van der Waals surface area contributed by atoms with E-state index in [0.717, 1.165) is 23.6 Å². The van der Waals surface area contributed by atoms with E-state index in [2.05, 4.69) is 35.5 Å². The van der Waals surface area contributed by atoms with Gasteiger partial charge in [0.25, 0.3) is 0 Å². The van der Waals surface area contributed by atoms with Crippen LogP contribution in [0.15, 0.2) is 36.4 Å². The molecule has 0 saturated heterocycles. The second kappa shape index (κ2) is 4.17. The van der Waals surface area contributed by atoms with E-state index in [1.807, 2.05) is 29.9 Å². The normalized spacial score (nSPS) is 10.3. The summed E-state index contributed by atoms with van der Waals surface area (Å²) in [5.41, 5.74) is 2.16. The van der Waals surface area contributed by atoms with Crippen LogP contribution < -0.4 is 5.32 Å². The molecule has 0 atom stereocenters. The zero-order chi connectivity index (χ0) is 10.7. The fourth-order valence-electron chi connectivity index (χ4n) is 1.56. The van der Waals surface area contributed by atoms with Gasteiger partial charge < -0.3 is 5.32 Å². The highest BCUT2D eigenvalue weighted by Gasteiger charge is 2.05. The molecule has 0 aliphatic heterocycles. The first-order chi connectivity index (χ1) is 7.31. The van der Waals surface area contributed by atoms with Crippen molar-refractivity contribution in [2.24, 2.45) is 7.05 Å². The molecular formula is C12H15N3. The quantitative estimate of drug-likeness (QED) is 0.827. The number of aryl methyl sites for hydroxylation is 1. The summed E-state index contributed by atoms with van der Waals surface area (Å²) >= 11 is 0. The number of hydrogen-bond acceptors (Lipinski definition) is 2. The van der Waals surface area contributed by atoms with Crippen LogP contribution in [0.1, 0.15) is 6.92 Å². The van der Waals surface area contributed by atoms with Crippen LogP contribution in [0.5, 0.6) is 0 Å². The molecule has 0 unspecified atom stereocenters. The molecule has 0 aliphatic rings. The van der Waals surface area contributed by atoms with Crippen molar-refractivity contribution >= 4 is 5.82 Å². The number of anilines is 1. The molecule has 2 rings (SSSR count). The average molecular weight is 201 g/mol. The number of hydrogen-bond donors (Lipinski definition) is 1. The Morgan fingerprint density at radius 3 is 2.67 bits per heavy atom. The summed E-state index contributed by atoms with van der Waals surface area (Å²) in [6.07, 6.45) is 0. The maximum Gasteiger partial charge on any atom is 0.124 e. The minimum Gasteiger partial charge on any atom is -0.371 e. The van der Waals surface area contributed by atoms with E-state index >= 15 is 0 Å². The van der Waals surface area contributed by atoms with E-state index in [1.165, 1.54) is 0 Å². The second-order valence-corrected chi connectivity index (χ2v) is 3.43. The van der Waals surface area contributed by atoms with Crippen LogP contribution >= 0.6 is 0 Å². The Kier molecular flexibility index (Phi) is 2.72. The Balaban J connectivity index is 2.34. The van der Waals surface area contributed by atoms with E-state index in [4.69, 9.17) is 0 Å². The smallest absolute Gasteiger partial charge is 0.124 e. The minimum atomic E-state index is 0.910. The molecule has 3 heteroatoms. The number of nitrogens with one attached hydrogen (secondary N) is 1. The number of nitrogens with zero attached hydrogens (tertiary/aromatic N) is 2. The van der Waals surface area contributed by atoms with E-state index in [0.29, 0.717) is 0 Å². The summed E-state index contributed by atoms with van der Waals surface area (Å²) < 4.78 is 1.87. The van der Waals surface area contributed by atoms with Gasteiger partial charge in [-0.3, -0.25) is 4.68 Å². The fraction of sp³-hybridized carbons (Fsp3) is 0.250. The molecule has 78 valence electrons. The molecular weight excluding hydrogens is 186 g/mol. The Hall–Kier alpha value is -1.77. The highest BCUT2D eigenvalue weighted by atomic mass is 15.3. The van der Waals surface area contributed by atoms with E-state index in [-0.39, 0.29) is 0 Å².